The van der Waals surface area contributed by atoms with Gasteiger partial charge in [-0.05, 0) is 41.8 Å². The maximum atomic E-state index is 5.45. The molecule has 1 aliphatic carbocycles. The quantitative estimate of drug-likeness (QED) is 0.149. The van der Waals surface area contributed by atoms with E-state index in [2.05, 4.69) is 156 Å². The summed E-state index contributed by atoms with van der Waals surface area (Å²) in [4.78, 5) is 37.7. The van der Waals surface area contributed by atoms with Crippen LogP contribution in [-0.4, -0.2) is 45.5 Å². The molecule has 0 radical (unpaired) electrons. The Morgan fingerprint density at radius 1 is 0.449 bits per heavy atom. The molecule has 2 unspecified atom stereocenters. The average molecular weight is 888 g/mol. The van der Waals surface area contributed by atoms with Gasteiger partial charge in [0.25, 0.3) is 0 Å². The summed E-state index contributed by atoms with van der Waals surface area (Å²) >= 11 is 0. The molecule has 9 nitrogen and oxygen atoms in total. The molecular formula is C60H41N9. The van der Waals surface area contributed by atoms with E-state index in [1.165, 1.54) is 5.56 Å². The van der Waals surface area contributed by atoms with Crippen molar-refractivity contribution in [2.45, 2.75) is 18.4 Å². The Morgan fingerprint density at radius 2 is 0.928 bits per heavy atom. The minimum atomic E-state index is -0.571. The highest BCUT2D eigenvalue weighted by Crippen LogP contribution is 2.61. The zero-order chi connectivity index (χ0) is 45.9. The van der Waals surface area contributed by atoms with Gasteiger partial charge in [-0.2, -0.15) is 9.97 Å². The van der Waals surface area contributed by atoms with Crippen LogP contribution in [0, 0.1) is 0 Å². The van der Waals surface area contributed by atoms with Crippen molar-refractivity contribution in [3.63, 3.8) is 0 Å². The third kappa shape index (κ3) is 6.58. The summed E-state index contributed by atoms with van der Waals surface area (Å²) in [6.07, 6.45) is 16.1. The van der Waals surface area contributed by atoms with Crippen molar-refractivity contribution in [2.24, 2.45) is 0 Å². The van der Waals surface area contributed by atoms with Gasteiger partial charge >= 0.3 is 0 Å². The number of hydrogen-bond donors (Lipinski definition) is 0. The number of fused-ring (bicyclic) bond motifs is 6. The second kappa shape index (κ2) is 16.3. The van der Waals surface area contributed by atoms with E-state index in [0.717, 1.165) is 66.6 Å². The van der Waals surface area contributed by atoms with Crippen LogP contribution in [0.25, 0.3) is 95.3 Å². The molecule has 9 heteroatoms. The van der Waals surface area contributed by atoms with Crippen LogP contribution in [0.3, 0.4) is 0 Å². The van der Waals surface area contributed by atoms with Gasteiger partial charge in [-0.25, -0.2) is 24.9 Å². The fraction of sp³-hybridized carbons (Fsp3) is 0.0500. The topological polar surface area (TPSA) is 98.4 Å². The van der Waals surface area contributed by atoms with Crippen molar-refractivity contribution in [3.8, 4) is 73.5 Å². The molecule has 0 saturated carbocycles. The van der Waals surface area contributed by atoms with Crippen molar-refractivity contribution >= 4 is 33.4 Å². The molecule has 7 aromatic carbocycles. The Balaban J connectivity index is 1.14. The fourth-order valence-electron chi connectivity index (χ4n) is 10.4. The van der Waals surface area contributed by atoms with E-state index >= 15 is 0 Å². The summed E-state index contributed by atoms with van der Waals surface area (Å²) < 4.78 is 2.46. The number of benzene rings is 7. The van der Waals surface area contributed by atoms with Gasteiger partial charge in [0.1, 0.15) is 0 Å². The standard InChI is InChI=1S/C60H41N9/c1-60-34-20-19-33-48(60)69(59-66-57(43-35-61-55(62-36-43)41-25-11-4-12-26-41)65-58(67-59)44-37-63-56(64-38-44)42-27-13-5-14-28-42)54-49(39-21-7-2-8-22-39)51-46-31-17-18-32-47(46)68(45-29-15-6-16-30-45)53(51)50(52(54)60)40-23-9-3-10-24-40/h2-38,48H,1H3. The van der Waals surface area contributed by atoms with E-state index in [9.17, 15) is 0 Å². The first-order valence-electron chi connectivity index (χ1n) is 23.1. The van der Waals surface area contributed by atoms with Crippen LogP contribution in [0.2, 0.25) is 0 Å². The minimum absolute atomic E-state index is 0.248. The van der Waals surface area contributed by atoms with Crippen molar-refractivity contribution in [2.75, 3.05) is 4.90 Å². The summed E-state index contributed by atoms with van der Waals surface area (Å²) in [7, 11) is 0. The maximum absolute atomic E-state index is 5.45. The van der Waals surface area contributed by atoms with E-state index in [1.807, 2.05) is 60.7 Å². The summed E-state index contributed by atoms with van der Waals surface area (Å²) in [6, 6.07) is 60.8. The summed E-state index contributed by atoms with van der Waals surface area (Å²) in [5.74, 6) is 2.56. The zero-order valence-electron chi connectivity index (χ0n) is 37.5. The first-order chi connectivity index (χ1) is 34.1. The minimum Gasteiger partial charge on any atom is -0.309 e. The highest BCUT2D eigenvalue weighted by atomic mass is 15.3. The predicted octanol–water partition coefficient (Wildman–Crippen LogP) is 13.5. The van der Waals surface area contributed by atoms with Gasteiger partial charge in [-0.15, -0.1) is 0 Å². The molecule has 0 saturated heterocycles. The molecule has 11 aromatic rings. The van der Waals surface area contributed by atoms with Gasteiger partial charge in [0.2, 0.25) is 5.95 Å². The van der Waals surface area contributed by atoms with E-state index in [-0.39, 0.29) is 6.04 Å². The molecule has 0 spiro atoms. The van der Waals surface area contributed by atoms with Crippen molar-refractivity contribution in [3.05, 3.63) is 231 Å². The van der Waals surface area contributed by atoms with Gasteiger partial charge < -0.3 is 9.47 Å². The highest BCUT2D eigenvalue weighted by molar-refractivity contribution is 6.24. The molecule has 0 N–H and O–H groups in total. The van der Waals surface area contributed by atoms with Crippen LogP contribution in [0.5, 0.6) is 0 Å². The lowest BCUT2D eigenvalue weighted by Crippen LogP contribution is -2.40. The molecule has 5 heterocycles. The van der Waals surface area contributed by atoms with E-state index in [0.29, 0.717) is 40.4 Å². The molecule has 0 bridgehead atoms. The Bertz CT molecular complexity index is 3660. The fourth-order valence-corrected chi connectivity index (χ4v) is 10.4. The van der Waals surface area contributed by atoms with Gasteiger partial charge in [-0.3, -0.25) is 0 Å². The van der Waals surface area contributed by atoms with Crippen LogP contribution in [0.1, 0.15) is 12.5 Å². The Morgan fingerprint density at radius 3 is 1.48 bits per heavy atom. The number of rotatable bonds is 8. The molecule has 4 aromatic heterocycles. The lowest BCUT2D eigenvalue weighted by Gasteiger charge is -2.34. The third-order valence-corrected chi connectivity index (χ3v) is 13.5. The van der Waals surface area contributed by atoms with Crippen LogP contribution in [-0.2, 0) is 5.41 Å². The maximum Gasteiger partial charge on any atom is 0.234 e. The molecule has 13 rings (SSSR count). The zero-order valence-corrected chi connectivity index (χ0v) is 37.5. The SMILES string of the molecule is CC12C=CC=CC1N(c1nc(-c3cnc(-c4ccccc4)nc3)nc(-c3cnc(-c4ccccc4)nc3)n1)c1c2c(-c2ccccc2)c2c(c1-c1ccccc1)c1ccccc1n2-c1ccccc1. The Hall–Kier alpha value is -9.21. The number of allylic oxidation sites excluding steroid dienone is 2. The lowest BCUT2D eigenvalue weighted by molar-refractivity contribution is 0.547. The monoisotopic (exact) mass is 887 g/mol. The van der Waals surface area contributed by atoms with Gasteiger partial charge in [0, 0.05) is 68.9 Å². The molecule has 0 fully saturated rings. The van der Waals surface area contributed by atoms with Crippen molar-refractivity contribution in [1.82, 2.24) is 39.5 Å². The van der Waals surface area contributed by atoms with Crippen molar-refractivity contribution < 1.29 is 0 Å². The summed E-state index contributed by atoms with van der Waals surface area (Å²) in [5, 5.41) is 2.28. The number of para-hydroxylation sites is 2. The van der Waals surface area contributed by atoms with Crippen LogP contribution in [0.4, 0.5) is 11.6 Å². The Labute approximate surface area is 398 Å². The van der Waals surface area contributed by atoms with E-state index in [1.54, 1.807) is 24.8 Å². The molecule has 2 atom stereocenters. The van der Waals surface area contributed by atoms with Crippen LogP contribution >= 0.6 is 0 Å². The van der Waals surface area contributed by atoms with E-state index in [4.69, 9.17) is 34.9 Å². The normalized spacial score (nSPS) is 16.0. The highest BCUT2D eigenvalue weighted by Gasteiger charge is 2.52. The Kier molecular flexibility index (Phi) is 9.47. The largest absolute Gasteiger partial charge is 0.309 e. The molecular weight excluding hydrogens is 847 g/mol. The molecule has 2 aliphatic rings. The predicted molar refractivity (Wildman–Crippen MR) is 276 cm³/mol. The van der Waals surface area contributed by atoms with Gasteiger partial charge in [-0.1, -0.05) is 182 Å². The number of aromatic nitrogens is 8. The number of anilines is 2. The summed E-state index contributed by atoms with van der Waals surface area (Å²) in [5.41, 5.74) is 12.6. The number of hydrogen-bond acceptors (Lipinski definition) is 8. The lowest BCUT2D eigenvalue weighted by atomic mass is 9.72. The molecule has 1 aliphatic heterocycles. The average Bonchev–Trinajstić information content (AvgIpc) is 3.91. The second-order valence-electron chi connectivity index (χ2n) is 17.6. The van der Waals surface area contributed by atoms with Crippen molar-refractivity contribution in [1.29, 1.82) is 0 Å². The van der Waals surface area contributed by atoms with Crippen LogP contribution < -0.4 is 4.90 Å². The summed E-state index contributed by atoms with van der Waals surface area (Å²) in [6.45, 7) is 2.36. The van der Waals surface area contributed by atoms with E-state index < -0.39 is 5.41 Å². The first kappa shape index (κ1) is 40.1. The molecule has 69 heavy (non-hydrogen) atoms. The third-order valence-electron chi connectivity index (χ3n) is 13.5. The molecule has 326 valence electrons. The number of nitrogens with zero attached hydrogens (tertiary/aromatic N) is 9. The smallest absolute Gasteiger partial charge is 0.234 e. The first-order valence-corrected chi connectivity index (χ1v) is 23.1. The molecule has 0 amide bonds. The van der Waals surface area contributed by atoms with Gasteiger partial charge in [0.15, 0.2) is 23.3 Å². The van der Waals surface area contributed by atoms with Gasteiger partial charge in [0.05, 0.1) is 33.9 Å². The van der Waals surface area contributed by atoms with Crippen LogP contribution in [0.15, 0.2) is 225 Å². The second-order valence-corrected chi connectivity index (χ2v) is 17.6.